The minimum atomic E-state index is -0.884. The topological polar surface area (TPSA) is 43.7 Å². The second kappa shape index (κ2) is 5.43. The van der Waals surface area contributed by atoms with Crippen LogP contribution in [-0.2, 0) is 5.60 Å². The van der Waals surface area contributed by atoms with Gasteiger partial charge in [0.1, 0.15) is 0 Å². The van der Waals surface area contributed by atoms with Gasteiger partial charge in [-0.15, -0.1) is 0 Å². The highest BCUT2D eigenvalue weighted by Crippen LogP contribution is 2.20. The number of nitrogens with zero attached hydrogens (tertiary/aromatic N) is 1. The maximum atomic E-state index is 10.3. The second-order valence-electron chi connectivity index (χ2n) is 4.69. The van der Waals surface area contributed by atoms with E-state index in [0.717, 1.165) is 5.56 Å². The van der Waals surface area contributed by atoms with E-state index < -0.39 is 5.60 Å². The van der Waals surface area contributed by atoms with E-state index in [1.807, 2.05) is 42.3 Å². The molecule has 2 unspecified atom stereocenters. The fourth-order valence-corrected chi connectivity index (χ4v) is 1.93. The largest absolute Gasteiger partial charge is 0.392 e. The van der Waals surface area contributed by atoms with Crippen molar-refractivity contribution in [1.29, 1.82) is 0 Å². The average Bonchev–Trinajstić information content (AvgIpc) is 2.16. The molecular weight excluding hydrogens is 202 g/mol. The predicted octanol–water partition coefficient (Wildman–Crippen LogP) is 1.21. The number of rotatable bonds is 5. The third-order valence-corrected chi connectivity index (χ3v) is 2.55. The zero-order valence-electron chi connectivity index (χ0n) is 10.2. The first kappa shape index (κ1) is 13.2. The summed E-state index contributed by atoms with van der Waals surface area (Å²) in [4.78, 5) is 1.93. The second-order valence-corrected chi connectivity index (χ2v) is 4.69. The first-order chi connectivity index (χ1) is 7.42. The standard InChI is InChI=1S/C13H21NO2/c1-11(15)9-14(3)10-13(2,16)12-7-5-4-6-8-12/h4-8,11,15-16H,9-10H2,1-3H3. The molecule has 0 aliphatic heterocycles. The van der Waals surface area contributed by atoms with Crippen LogP contribution in [0.3, 0.4) is 0 Å². The SMILES string of the molecule is CC(O)CN(C)CC(C)(O)c1ccccc1. The number of hydrogen-bond acceptors (Lipinski definition) is 3. The zero-order chi connectivity index (χ0) is 12.2. The van der Waals surface area contributed by atoms with Crippen molar-refractivity contribution >= 4 is 0 Å². The van der Waals surface area contributed by atoms with Gasteiger partial charge in [-0.05, 0) is 26.5 Å². The van der Waals surface area contributed by atoms with Crippen molar-refractivity contribution in [2.75, 3.05) is 20.1 Å². The van der Waals surface area contributed by atoms with Gasteiger partial charge in [-0.3, -0.25) is 0 Å². The smallest absolute Gasteiger partial charge is 0.0994 e. The van der Waals surface area contributed by atoms with Crippen molar-refractivity contribution in [3.8, 4) is 0 Å². The van der Waals surface area contributed by atoms with Crippen LogP contribution < -0.4 is 0 Å². The van der Waals surface area contributed by atoms with Crippen molar-refractivity contribution in [1.82, 2.24) is 4.90 Å². The molecule has 1 aromatic rings. The highest BCUT2D eigenvalue weighted by atomic mass is 16.3. The van der Waals surface area contributed by atoms with E-state index in [0.29, 0.717) is 13.1 Å². The molecular formula is C13H21NO2. The molecule has 0 saturated heterocycles. The molecule has 1 aromatic carbocycles. The van der Waals surface area contributed by atoms with E-state index in [1.165, 1.54) is 0 Å². The lowest BCUT2D eigenvalue weighted by molar-refractivity contribution is 0.0127. The average molecular weight is 223 g/mol. The molecule has 0 aromatic heterocycles. The summed E-state index contributed by atoms with van der Waals surface area (Å²) in [6, 6.07) is 9.59. The Labute approximate surface area is 97.3 Å². The Bertz CT molecular complexity index is 309. The highest BCUT2D eigenvalue weighted by molar-refractivity contribution is 5.21. The van der Waals surface area contributed by atoms with Crippen molar-refractivity contribution in [3.05, 3.63) is 35.9 Å². The van der Waals surface area contributed by atoms with E-state index >= 15 is 0 Å². The number of hydrogen-bond donors (Lipinski definition) is 2. The minimum Gasteiger partial charge on any atom is -0.392 e. The molecule has 3 heteroatoms. The molecule has 0 saturated carbocycles. The van der Waals surface area contributed by atoms with Crippen LogP contribution in [0.1, 0.15) is 19.4 Å². The van der Waals surface area contributed by atoms with E-state index in [2.05, 4.69) is 0 Å². The van der Waals surface area contributed by atoms with Crippen LogP contribution in [0, 0.1) is 0 Å². The van der Waals surface area contributed by atoms with E-state index in [9.17, 15) is 10.2 Å². The lowest BCUT2D eigenvalue weighted by atomic mass is 9.95. The molecule has 3 nitrogen and oxygen atoms in total. The molecule has 90 valence electrons. The van der Waals surface area contributed by atoms with Crippen molar-refractivity contribution in [3.63, 3.8) is 0 Å². The quantitative estimate of drug-likeness (QED) is 0.788. The third kappa shape index (κ3) is 3.93. The Morgan fingerprint density at radius 1 is 1.31 bits per heavy atom. The van der Waals surface area contributed by atoms with Gasteiger partial charge in [0.15, 0.2) is 0 Å². The molecule has 16 heavy (non-hydrogen) atoms. The molecule has 0 bridgehead atoms. The molecule has 0 amide bonds. The molecule has 0 aliphatic rings. The summed E-state index contributed by atoms with van der Waals surface area (Å²) in [7, 11) is 1.89. The van der Waals surface area contributed by atoms with Gasteiger partial charge >= 0.3 is 0 Å². The fraction of sp³-hybridized carbons (Fsp3) is 0.538. The third-order valence-electron chi connectivity index (χ3n) is 2.55. The van der Waals surface area contributed by atoms with Gasteiger partial charge in [0, 0.05) is 13.1 Å². The summed E-state index contributed by atoms with van der Waals surface area (Å²) in [5.41, 5.74) is 0.0118. The van der Waals surface area contributed by atoms with Crippen LogP contribution in [0.4, 0.5) is 0 Å². The lowest BCUT2D eigenvalue weighted by Crippen LogP contribution is -2.39. The molecule has 2 N–H and O–H groups in total. The van der Waals surface area contributed by atoms with E-state index in [1.54, 1.807) is 13.8 Å². The summed E-state index contributed by atoms with van der Waals surface area (Å²) in [6.45, 7) is 4.60. The van der Waals surface area contributed by atoms with Crippen LogP contribution >= 0.6 is 0 Å². The lowest BCUT2D eigenvalue weighted by Gasteiger charge is -2.30. The Kier molecular flexibility index (Phi) is 4.47. The van der Waals surface area contributed by atoms with Gasteiger partial charge in [0.05, 0.1) is 11.7 Å². The zero-order valence-corrected chi connectivity index (χ0v) is 10.2. The first-order valence-corrected chi connectivity index (χ1v) is 5.56. The fourth-order valence-electron chi connectivity index (χ4n) is 1.93. The predicted molar refractivity (Wildman–Crippen MR) is 65.2 cm³/mol. The minimum absolute atomic E-state index is 0.378. The van der Waals surface area contributed by atoms with Gasteiger partial charge < -0.3 is 15.1 Å². The summed E-state index contributed by atoms with van der Waals surface area (Å²) in [5.74, 6) is 0. The van der Waals surface area contributed by atoms with Gasteiger partial charge in [0.2, 0.25) is 0 Å². The van der Waals surface area contributed by atoms with E-state index in [-0.39, 0.29) is 6.10 Å². The first-order valence-electron chi connectivity index (χ1n) is 5.56. The summed E-state index contributed by atoms with van der Waals surface area (Å²) < 4.78 is 0. The van der Waals surface area contributed by atoms with Gasteiger partial charge in [-0.1, -0.05) is 30.3 Å². The Hall–Kier alpha value is -0.900. The maximum Gasteiger partial charge on any atom is 0.0994 e. The number of aliphatic hydroxyl groups is 2. The Balaban J connectivity index is 2.65. The van der Waals surface area contributed by atoms with Crippen LogP contribution in [0.5, 0.6) is 0 Å². The highest BCUT2D eigenvalue weighted by Gasteiger charge is 2.24. The summed E-state index contributed by atoms with van der Waals surface area (Å²) >= 11 is 0. The van der Waals surface area contributed by atoms with E-state index in [4.69, 9.17) is 0 Å². The van der Waals surface area contributed by atoms with Crippen LogP contribution in [0.15, 0.2) is 30.3 Å². The Morgan fingerprint density at radius 3 is 2.38 bits per heavy atom. The molecule has 0 aliphatic carbocycles. The maximum absolute atomic E-state index is 10.3. The molecule has 0 radical (unpaired) electrons. The van der Waals surface area contributed by atoms with Gasteiger partial charge in [0.25, 0.3) is 0 Å². The molecule has 0 spiro atoms. The number of aliphatic hydroxyl groups excluding tert-OH is 1. The molecule has 0 heterocycles. The van der Waals surface area contributed by atoms with Crippen LogP contribution in [-0.4, -0.2) is 41.4 Å². The normalized spacial score (nSPS) is 17.1. The van der Waals surface area contributed by atoms with Crippen molar-refractivity contribution in [2.45, 2.75) is 25.6 Å². The van der Waals surface area contributed by atoms with Gasteiger partial charge in [-0.25, -0.2) is 0 Å². The number of benzene rings is 1. The number of likely N-dealkylation sites (N-methyl/N-ethyl adjacent to an activating group) is 1. The summed E-state index contributed by atoms with van der Waals surface area (Å²) in [6.07, 6.45) is -0.378. The monoisotopic (exact) mass is 223 g/mol. The van der Waals surface area contributed by atoms with Crippen molar-refractivity contribution < 1.29 is 10.2 Å². The molecule has 0 fully saturated rings. The molecule has 1 rings (SSSR count). The Morgan fingerprint density at radius 2 is 1.88 bits per heavy atom. The van der Waals surface area contributed by atoms with Crippen LogP contribution in [0.2, 0.25) is 0 Å². The van der Waals surface area contributed by atoms with Crippen molar-refractivity contribution in [2.24, 2.45) is 0 Å². The summed E-state index contributed by atoms with van der Waals surface area (Å²) in [5, 5.41) is 19.6. The van der Waals surface area contributed by atoms with Gasteiger partial charge in [-0.2, -0.15) is 0 Å². The van der Waals surface area contributed by atoms with Crippen LogP contribution in [0.25, 0.3) is 0 Å². The molecule has 2 atom stereocenters.